The Kier molecular flexibility index (Phi) is 3.64. The van der Waals surface area contributed by atoms with Crippen molar-refractivity contribution in [3.8, 4) is 0 Å². The van der Waals surface area contributed by atoms with Gasteiger partial charge in [-0.2, -0.15) is 0 Å². The minimum atomic E-state index is -0.633. The molecule has 2 aromatic carbocycles. The summed E-state index contributed by atoms with van der Waals surface area (Å²) >= 11 is 5.67. The van der Waals surface area contributed by atoms with Gasteiger partial charge in [-0.25, -0.2) is 8.78 Å². The highest BCUT2D eigenvalue weighted by Crippen LogP contribution is 2.48. The van der Waals surface area contributed by atoms with Crippen LogP contribution in [0, 0.1) is 17.6 Å². The van der Waals surface area contributed by atoms with Crippen molar-refractivity contribution in [2.75, 3.05) is 5.32 Å². The van der Waals surface area contributed by atoms with Crippen LogP contribution < -0.4 is 5.32 Å². The monoisotopic (exact) mass is 307 g/mol. The molecule has 21 heavy (non-hydrogen) atoms. The molecule has 2 nitrogen and oxygen atoms in total. The van der Waals surface area contributed by atoms with Gasteiger partial charge in [0.25, 0.3) is 0 Å². The Labute approximate surface area is 125 Å². The number of halogens is 3. The van der Waals surface area contributed by atoms with Crippen LogP contribution in [0.2, 0.25) is 5.02 Å². The number of amides is 1. The van der Waals surface area contributed by atoms with Crippen LogP contribution in [0.3, 0.4) is 0 Å². The van der Waals surface area contributed by atoms with Gasteiger partial charge in [-0.3, -0.25) is 4.79 Å². The SMILES string of the molecule is O=C(Nc1cccc(Cl)c1F)C1CC1c1ccc(F)cc1. The molecule has 0 bridgehead atoms. The van der Waals surface area contributed by atoms with Gasteiger partial charge in [0, 0.05) is 5.92 Å². The maximum atomic E-state index is 13.7. The van der Waals surface area contributed by atoms with Crippen molar-refractivity contribution in [2.24, 2.45) is 5.92 Å². The minimum absolute atomic E-state index is 0.0290. The summed E-state index contributed by atoms with van der Waals surface area (Å²) in [6.45, 7) is 0. The van der Waals surface area contributed by atoms with Crippen LogP contribution in [-0.4, -0.2) is 5.91 Å². The highest BCUT2D eigenvalue weighted by atomic mass is 35.5. The summed E-state index contributed by atoms with van der Waals surface area (Å²) in [6, 6.07) is 10.6. The fraction of sp³-hybridized carbons (Fsp3) is 0.188. The van der Waals surface area contributed by atoms with Crippen molar-refractivity contribution in [1.29, 1.82) is 0 Å². The molecule has 1 saturated carbocycles. The Morgan fingerprint density at radius 1 is 1.14 bits per heavy atom. The Hall–Kier alpha value is -1.94. The van der Waals surface area contributed by atoms with Gasteiger partial charge in [0.05, 0.1) is 10.7 Å². The van der Waals surface area contributed by atoms with Crippen molar-refractivity contribution in [1.82, 2.24) is 0 Å². The predicted molar refractivity (Wildman–Crippen MR) is 77.3 cm³/mol. The van der Waals surface area contributed by atoms with Crippen LogP contribution in [0.25, 0.3) is 0 Å². The topological polar surface area (TPSA) is 29.1 Å². The minimum Gasteiger partial charge on any atom is -0.323 e. The van der Waals surface area contributed by atoms with Gasteiger partial charge < -0.3 is 5.32 Å². The highest BCUT2D eigenvalue weighted by molar-refractivity contribution is 6.31. The standard InChI is InChI=1S/C16H12ClF2NO/c17-13-2-1-3-14(15(13)19)20-16(21)12-8-11(12)9-4-6-10(18)7-5-9/h1-7,11-12H,8H2,(H,20,21). The highest BCUT2D eigenvalue weighted by Gasteiger charge is 2.44. The van der Waals surface area contributed by atoms with Gasteiger partial charge in [0.15, 0.2) is 5.82 Å². The molecule has 2 unspecified atom stereocenters. The second-order valence-corrected chi connectivity index (χ2v) is 5.50. The Morgan fingerprint density at radius 2 is 1.86 bits per heavy atom. The lowest BCUT2D eigenvalue weighted by atomic mass is 10.1. The zero-order valence-electron chi connectivity index (χ0n) is 10.9. The lowest BCUT2D eigenvalue weighted by molar-refractivity contribution is -0.117. The molecule has 0 saturated heterocycles. The average Bonchev–Trinajstić information content (AvgIpc) is 3.25. The van der Waals surface area contributed by atoms with E-state index in [-0.39, 0.29) is 34.3 Å². The number of anilines is 1. The molecular formula is C16H12ClF2NO. The summed E-state index contributed by atoms with van der Waals surface area (Å²) in [7, 11) is 0. The second-order valence-electron chi connectivity index (χ2n) is 5.09. The maximum absolute atomic E-state index is 13.7. The number of nitrogens with one attached hydrogen (secondary N) is 1. The van der Waals surface area contributed by atoms with E-state index in [0.29, 0.717) is 6.42 Å². The molecule has 1 aliphatic rings. The first-order valence-electron chi connectivity index (χ1n) is 6.56. The summed E-state index contributed by atoms with van der Waals surface area (Å²) in [5.41, 5.74) is 1.00. The number of rotatable bonds is 3. The van der Waals surface area contributed by atoms with Crippen molar-refractivity contribution in [3.63, 3.8) is 0 Å². The van der Waals surface area contributed by atoms with Gasteiger partial charge in [-0.15, -0.1) is 0 Å². The predicted octanol–water partition coefficient (Wildman–Crippen LogP) is 4.36. The van der Waals surface area contributed by atoms with Crippen LogP contribution in [0.15, 0.2) is 42.5 Å². The summed E-state index contributed by atoms with van der Waals surface area (Å²) in [4.78, 5) is 12.1. The van der Waals surface area contributed by atoms with E-state index in [9.17, 15) is 13.6 Å². The summed E-state index contributed by atoms with van der Waals surface area (Å²) in [5.74, 6) is -1.33. The van der Waals surface area contributed by atoms with Crippen LogP contribution >= 0.6 is 11.6 Å². The first-order chi connectivity index (χ1) is 10.1. The third-order valence-corrected chi connectivity index (χ3v) is 3.93. The van der Waals surface area contributed by atoms with Crippen molar-refractivity contribution >= 4 is 23.2 Å². The van der Waals surface area contributed by atoms with Crippen molar-refractivity contribution in [3.05, 3.63) is 64.7 Å². The molecule has 1 fully saturated rings. The first-order valence-corrected chi connectivity index (χ1v) is 6.94. The number of benzene rings is 2. The Bertz CT molecular complexity index is 687. The molecule has 0 aliphatic heterocycles. The molecule has 0 spiro atoms. The molecule has 1 N–H and O–H groups in total. The molecule has 3 rings (SSSR count). The van der Waals surface area contributed by atoms with E-state index in [1.165, 1.54) is 24.3 Å². The van der Waals surface area contributed by atoms with Crippen molar-refractivity contribution in [2.45, 2.75) is 12.3 Å². The van der Waals surface area contributed by atoms with E-state index in [1.807, 2.05) is 0 Å². The molecule has 5 heteroatoms. The molecule has 1 aliphatic carbocycles. The van der Waals surface area contributed by atoms with E-state index < -0.39 is 5.82 Å². The third kappa shape index (κ3) is 2.90. The molecule has 0 radical (unpaired) electrons. The quantitative estimate of drug-likeness (QED) is 0.897. The lowest BCUT2D eigenvalue weighted by Crippen LogP contribution is -2.15. The summed E-state index contributed by atoms with van der Waals surface area (Å²) in [6.07, 6.45) is 0.680. The van der Waals surface area contributed by atoms with Crippen LogP contribution in [-0.2, 0) is 4.79 Å². The zero-order valence-corrected chi connectivity index (χ0v) is 11.7. The Balaban J connectivity index is 1.68. The zero-order chi connectivity index (χ0) is 15.0. The van der Waals surface area contributed by atoms with Gasteiger partial charge in [0.1, 0.15) is 5.82 Å². The number of carbonyl (C=O) groups is 1. The largest absolute Gasteiger partial charge is 0.323 e. The maximum Gasteiger partial charge on any atom is 0.228 e. The Morgan fingerprint density at radius 3 is 2.57 bits per heavy atom. The molecular weight excluding hydrogens is 296 g/mol. The first kappa shape index (κ1) is 14.0. The molecule has 1 amide bonds. The van der Waals surface area contributed by atoms with Crippen LogP contribution in [0.1, 0.15) is 17.9 Å². The second kappa shape index (κ2) is 5.45. The fourth-order valence-electron chi connectivity index (χ4n) is 2.39. The van der Waals surface area contributed by atoms with E-state index in [1.54, 1.807) is 18.2 Å². The molecule has 2 atom stereocenters. The summed E-state index contributed by atoms with van der Waals surface area (Å²) in [5, 5.41) is 2.52. The third-order valence-electron chi connectivity index (χ3n) is 3.63. The molecule has 108 valence electrons. The van der Waals surface area contributed by atoms with Crippen LogP contribution in [0.4, 0.5) is 14.5 Å². The number of hydrogen-bond acceptors (Lipinski definition) is 1. The number of hydrogen-bond donors (Lipinski definition) is 1. The van der Waals surface area contributed by atoms with E-state index in [2.05, 4.69) is 5.32 Å². The summed E-state index contributed by atoms with van der Waals surface area (Å²) < 4.78 is 26.6. The van der Waals surface area contributed by atoms with Crippen molar-refractivity contribution < 1.29 is 13.6 Å². The van der Waals surface area contributed by atoms with E-state index in [4.69, 9.17) is 11.6 Å². The van der Waals surface area contributed by atoms with Gasteiger partial charge in [0.2, 0.25) is 5.91 Å². The molecule has 2 aromatic rings. The smallest absolute Gasteiger partial charge is 0.228 e. The van der Waals surface area contributed by atoms with E-state index >= 15 is 0 Å². The average molecular weight is 308 g/mol. The number of carbonyl (C=O) groups excluding carboxylic acids is 1. The molecule has 0 heterocycles. The van der Waals surface area contributed by atoms with Gasteiger partial charge >= 0.3 is 0 Å². The van der Waals surface area contributed by atoms with Gasteiger partial charge in [-0.05, 0) is 42.2 Å². The fourth-order valence-corrected chi connectivity index (χ4v) is 2.56. The van der Waals surface area contributed by atoms with E-state index in [0.717, 1.165) is 5.56 Å². The van der Waals surface area contributed by atoms with Gasteiger partial charge in [-0.1, -0.05) is 29.8 Å². The lowest BCUT2D eigenvalue weighted by Gasteiger charge is -2.07. The van der Waals surface area contributed by atoms with Crippen LogP contribution in [0.5, 0.6) is 0 Å². The molecule has 0 aromatic heterocycles. The normalized spacial score (nSPS) is 20.1.